The number of aryl methyl sites for hydroxylation is 1. The minimum absolute atomic E-state index is 0.152. The summed E-state index contributed by atoms with van der Waals surface area (Å²) in [5, 5.41) is 11.7. The standard InChI is InChI=1S/C18H17N3O3S2/c1-11-3-4-15(24-2)13(7-11)20-16(22)8-19-17(23)14-10-26-18(21-14)12-5-6-25-9-12/h3-7,9-10H,8H2,1-2H3,(H,19,23)(H,20,22). The van der Waals surface area contributed by atoms with Gasteiger partial charge in [-0.1, -0.05) is 6.07 Å². The van der Waals surface area contributed by atoms with Crippen LogP contribution in [0.1, 0.15) is 16.1 Å². The monoisotopic (exact) mass is 387 g/mol. The summed E-state index contributed by atoms with van der Waals surface area (Å²) in [6.45, 7) is 1.77. The number of nitrogens with zero attached hydrogens (tertiary/aromatic N) is 1. The fourth-order valence-corrected chi connectivity index (χ4v) is 3.77. The second-order valence-electron chi connectivity index (χ2n) is 5.48. The van der Waals surface area contributed by atoms with Gasteiger partial charge in [0, 0.05) is 16.3 Å². The molecule has 2 aromatic heterocycles. The Kier molecular flexibility index (Phi) is 5.65. The third kappa shape index (κ3) is 4.27. The Morgan fingerprint density at radius 3 is 2.81 bits per heavy atom. The zero-order valence-corrected chi connectivity index (χ0v) is 15.9. The van der Waals surface area contributed by atoms with Gasteiger partial charge in [0.1, 0.15) is 16.5 Å². The lowest BCUT2D eigenvalue weighted by molar-refractivity contribution is -0.115. The number of amides is 2. The van der Waals surface area contributed by atoms with E-state index in [0.717, 1.165) is 16.1 Å². The number of thiophene rings is 1. The normalized spacial score (nSPS) is 10.4. The number of thiazole rings is 1. The van der Waals surface area contributed by atoms with Gasteiger partial charge in [-0.05, 0) is 36.1 Å². The third-order valence-corrected chi connectivity index (χ3v) is 5.12. The van der Waals surface area contributed by atoms with Crippen LogP contribution in [-0.4, -0.2) is 30.5 Å². The SMILES string of the molecule is COc1ccc(C)cc1NC(=O)CNC(=O)c1csc(-c2ccsc2)n1. The molecule has 2 N–H and O–H groups in total. The zero-order chi connectivity index (χ0) is 18.5. The summed E-state index contributed by atoms with van der Waals surface area (Å²) in [6, 6.07) is 7.44. The number of benzene rings is 1. The summed E-state index contributed by atoms with van der Waals surface area (Å²) in [5.74, 6) is -0.153. The molecule has 0 aliphatic rings. The van der Waals surface area contributed by atoms with Crippen molar-refractivity contribution in [3.63, 3.8) is 0 Å². The Hall–Kier alpha value is -2.71. The van der Waals surface area contributed by atoms with Crippen LogP contribution in [0.5, 0.6) is 5.75 Å². The van der Waals surface area contributed by atoms with E-state index in [4.69, 9.17) is 4.74 Å². The predicted molar refractivity (Wildman–Crippen MR) is 104 cm³/mol. The smallest absolute Gasteiger partial charge is 0.271 e. The molecule has 8 heteroatoms. The molecule has 0 unspecified atom stereocenters. The minimum atomic E-state index is -0.380. The van der Waals surface area contributed by atoms with Crippen LogP contribution in [0.3, 0.4) is 0 Å². The van der Waals surface area contributed by atoms with Crippen molar-refractivity contribution in [2.24, 2.45) is 0 Å². The van der Waals surface area contributed by atoms with Crippen molar-refractivity contribution in [1.82, 2.24) is 10.3 Å². The maximum atomic E-state index is 12.2. The summed E-state index contributed by atoms with van der Waals surface area (Å²) in [6.07, 6.45) is 0. The number of nitrogens with one attached hydrogen (secondary N) is 2. The lowest BCUT2D eigenvalue weighted by atomic mass is 10.2. The largest absolute Gasteiger partial charge is 0.495 e. The number of rotatable bonds is 6. The maximum absolute atomic E-state index is 12.2. The van der Waals surface area contributed by atoms with Crippen molar-refractivity contribution in [2.45, 2.75) is 6.92 Å². The van der Waals surface area contributed by atoms with Crippen molar-refractivity contribution < 1.29 is 14.3 Å². The first-order valence-electron chi connectivity index (χ1n) is 7.77. The first-order chi connectivity index (χ1) is 12.6. The van der Waals surface area contributed by atoms with E-state index in [1.54, 1.807) is 22.8 Å². The van der Waals surface area contributed by atoms with Gasteiger partial charge in [-0.2, -0.15) is 11.3 Å². The average molecular weight is 387 g/mol. The molecular formula is C18H17N3O3S2. The van der Waals surface area contributed by atoms with Crippen molar-refractivity contribution >= 4 is 40.2 Å². The van der Waals surface area contributed by atoms with Crippen LogP contribution in [0.2, 0.25) is 0 Å². The van der Waals surface area contributed by atoms with Gasteiger partial charge in [0.25, 0.3) is 5.91 Å². The van der Waals surface area contributed by atoms with Gasteiger partial charge in [0.05, 0.1) is 19.3 Å². The molecule has 1 aromatic carbocycles. The van der Waals surface area contributed by atoms with E-state index in [0.29, 0.717) is 17.1 Å². The van der Waals surface area contributed by atoms with Gasteiger partial charge in [-0.25, -0.2) is 4.98 Å². The summed E-state index contributed by atoms with van der Waals surface area (Å²) in [7, 11) is 1.54. The molecule has 3 rings (SSSR count). The molecule has 0 spiro atoms. The Bertz CT molecular complexity index is 920. The highest BCUT2D eigenvalue weighted by Gasteiger charge is 2.14. The molecule has 3 aromatic rings. The van der Waals surface area contributed by atoms with E-state index in [2.05, 4.69) is 15.6 Å². The number of carbonyl (C=O) groups is 2. The molecule has 0 aliphatic heterocycles. The number of anilines is 1. The van der Waals surface area contributed by atoms with E-state index in [1.807, 2.05) is 35.9 Å². The van der Waals surface area contributed by atoms with E-state index in [1.165, 1.54) is 18.4 Å². The second kappa shape index (κ2) is 8.11. The van der Waals surface area contributed by atoms with E-state index >= 15 is 0 Å². The van der Waals surface area contributed by atoms with Crippen LogP contribution in [0.4, 0.5) is 5.69 Å². The number of hydrogen-bond acceptors (Lipinski definition) is 6. The number of carbonyl (C=O) groups excluding carboxylic acids is 2. The molecule has 2 amide bonds. The van der Waals surface area contributed by atoms with Crippen LogP contribution < -0.4 is 15.4 Å². The number of ether oxygens (including phenoxy) is 1. The van der Waals surface area contributed by atoms with Gasteiger partial charge in [0.2, 0.25) is 5.91 Å². The van der Waals surface area contributed by atoms with Gasteiger partial charge >= 0.3 is 0 Å². The first-order valence-corrected chi connectivity index (χ1v) is 9.60. The van der Waals surface area contributed by atoms with Crippen molar-refractivity contribution in [1.29, 1.82) is 0 Å². The van der Waals surface area contributed by atoms with Crippen LogP contribution in [0, 0.1) is 6.92 Å². The molecule has 0 saturated carbocycles. The molecule has 0 fully saturated rings. The molecule has 6 nitrogen and oxygen atoms in total. The topological polar surface area (TPSA) is 80.3 Å². The molecule has 0 bridgehead atoms. The van der Waals surface area contributed by atoms with Gasteiger partial charge in [-0.3, -0.25) is 9.59 Å². The summed E-state index contributed by atoms with van der Waals surface area (Å²) in [5.41, 5.74) is 2.86. The maximum Gasteiger partial charge on any atom is 0.271 e. The van der Waals surface area contributed by atoms with Crippen molar-refractivity contribution in [3.8, 4) is 16.3 Å². The van der Waals surface area contributed by atoms with Crippen LogP contribution >= 0.6 is 22.7 Å². The molecular weight excluding hydrogens is 370 g/mol. The van der Waals surface area contributed by atoms with Gasteiger partial charge in [-0.15, -0.1) is 11.3 Å². The summed E-state index contributed by atoms with van der Waals surface area (Å²) in [4.78, 5) is 28.6. The van der Waals surface area contributed by atoms with E-state index in [-0.39, 0.29) is 18.4 Å². The predicted octanol–water partition coefficient (Wildman–Crippen LogP) is 3.56. The number of hydrogen-bond donors (Lipinski definition) is 2. The highest BCUT2D eigenvalue weighted by molar-refractivity contribution is 7.14. The van der Waals surface area contributed by atoms with Crippen LogP contribution in [0.15, 0.2) is 40.4 Å². The fourth-order valence-electron chi connectivity index (χ4n) is 2.26. The molecule has 0 radical (unpaired) electrons. The molecule has 2 heterocycles. The van der Waals surface area contributed by atoms with Crippen molar-refractivity contribution in [2.75, 3.05) is 19.0 Å². The first kappa shape index (κ1) is 18.1. The van der Waals surface area contributed by atoms with Crippen molar-refractivity contribution in [3.05, 3.63) is 51.7 Å². The van der Waals surface area contributed by atoms with E-state index < -0.39 is 0 Å². The lowest BCUT2D eigenvalue weighted by Crippen LogP contribution is -2.33. The van der Waals surface area contributed by atoms with E-state index in [9.17, 15) is 9.59 Å². The highest BCUT2D eigenvalue weighted by atomic mass is 32.1. The Labute approximate surface area is 158 Å². The second-order valence-corrected chi connectivity index (χ2v) is 7.12. The Morgan fingerprint density at radius 2 is 2.08 bits per heavy atom. The number of aromatic nitrogens is 1. The number of methoxy groups -OCH3 is 1. The molecule has 26 heavy (non-hydrogen) atoms. The Balaban J connectivity index is 1.58. The highest BCUT2D eigenvalue weighted by Crippen LogP contribution is 2.26. The van der Waals surface area contributed by atoms with Gasteiger partial charge < -0.3 is 15.4 Å². The summed E-state index contributed by atoms with van der Waals surface area (Å²) >= 11 is 2.97. The fraction of sp³-hybridized carbons (Fsp3) is 0.167. The molecule has 0 aliphatic carbocycles. The van der Waals surface area contributed by atoms with Crippen LogP contribution in [0.25, 0.3) is 10.6 Å². The average Bonchev–Trinajstić information content (AvgIpc) is 3.31. The zero-order valence-electron chi connectivity index (χ0n) is 14.2. The summed E-state index contributed by atoms with van der Waals surface area (Å²) < 4.78 is 5.22. The Morgan fingerprint density at radius 1 is 1.23 bits per heavy atom. The van der Waals surface area contributed by atoms with Gasteiger partial charge in [0.15, 0.2) is 0 Å². The quantitative estimate of drug-likeness (QED) is 0.678. The lowest BCUT2D eigenvalue weighted by Gasteiger charge is -2.11. The minimum Gasteiger partial charge on any atom is -0.495 e. The molecule has 0 atom stereocenters. The van der Waals surface area contributed by atoms with Crippen LogP contribution in [-0.2, 0) is 4.79 Å². The molecule has 134 valence electrons. The molecule has 0 saturated heterocycles. The third-order valence-electron chi connectivity index (χ3n) is 3.54.